The molecule has 2 aromatic heterocycles. The highest BCUT2D eigenvalue weighted by atomic mass is 35.5. The van der Waals surface area contributed by atoms with Crippen LogP contribution in [-0.2, 0) is 9.59 Å². The monoisotopic (exact) mass is 818 g/mol. The summed E-state index contributed by atoms with van der Waals surface area (Å²) in [6.07, 6.45) is 37.4. The van der Waals surface area contributed by atoms with Gasteiger partial charge in [-0.05, 0) is 63.5 Å². The van der Waals surface area contributed by atoms with Gasteiger partial charge in [-0.2, -0.15) is 9.13 Å². The topological polar surface area (TPSA) is 93.9 Å². The Balaban J connectivity index is 1.32. The van der Waals surface area contributed by atoms with Gasteiger partial charge in [0.2, 0.25) is 23.7 Å². The smallest absolute Gasteiger partial charge is 0.226 e. The lowest BCUT2D eigenvalue weighted by molar-refractivity contribution is -0.710. The molecule has 2 atom stereocenters. The van der Waals surface area contributed by atoms with Crippen LogP contribution in [0.4, 0.5) is 11.4 Å². The van der Waals surface area contributed by atoms with Crippen molar-refractivity contribution in [1.29, 1.82) is 0 Å². The lowest BCUT2D eigenvalue weighted by atomic mass is 9.70. The van der Waals surface area contributed by atoms with Gasteiger partial charge < -0.3 is 11.5 Å². The van der Waals surface area contributed by atoms with Gasteiger partial charge in [0.25, 0.3) is 0 Å². The molecule has 6 nitrogen and oxygen atoms in total. The minimum Gasteiger partial charge on any atom is -0.393 e. The van der Waals surface area contributed by atoms with Crippen LogP contribution in [0.3, 0.4) is 0 Å². The third kappa shape index (κ3) is 11.8. The van der Waals surface area contributed by atoms with Crippen molar-refractivity contribution in [3.8, 4) is 0 Å². The van der Waals surface area contributed by atoms with E-state index in [1.54, 1.807) is 24.5 Å². The van der Waals surface area contributed by atoms with Crippen LogP contribution < -0.4 is 20.6 Å². The van der Waals surface area contributed by atoms with Crippen LogP contribution in [0.1, 0.15) is 94.2 Å². The van der Waals surface area contributed by atoms with Gasteiger partial charge in [-0.3, -0.25) is 9.59 Å². The van der Waals surface area contributed by atoms with Gasteiger partial charge >= 0.3 is 0 Å². The first-order chi connectivity index (χ1) is 27.2. The number of pyridine rings is 2. The van der Waals surface area contributed by atoms with Gasteiger partial charge in [-0.25, -0.2) is 0 Å². The van der Waals surface area contributed by atoms with E-state index in [1.165, 1.54) is 0 Å². The number of nitrogen functional groups attached to an aromatic ring is 2. The van der Waals surface area contributed by atoms with E-state index in [0.717, 1.165) is 44.6 Å². The number of hydrogen-bond acceptors (Lipinski definition) is 4. The van der Waals surface area contributed by atoms with Crippen molar-refractivity contribution in [1.82, 2.24) is 0 Å². The van der Waals surface area contributed by atoms with Crippen LogP contribution in [0, 0.1) is 10.8 Å². The Morgan fingerprint density at radius 2 is 0.931 bits per heavy atom. The zero-order valence-electron chi connectivity index (χ0n) is 35.7. The SMILES string of the molecule is CC1=C(/C=C/C(C)=C/C=C/C(C)=C/C=C/C=C(C)/C=C/C=C(C)/C=C/C2=C(C)C(=O)C([n+]3ccc(Cl)c(N)c3)CC2(C)C)C(C)(C)CC([n+]2ccc(Cl)c(N)c2)C1=O. The number of rotatable bonds is 12. The fraction of sp³-hybridized carbons (Fsp3) is 0.320. The number of Topliss-reactive ketones (excluding diaryl/α,β-unsaturated/α-hetero) is 2. The van der Waals surface area contributed by atoms with E-state index in [2.05, 4.69) is 116 Å². The second-order valence-electron chi connectivity index (χ2n) is 16.8. The van der Waals surface area contributed by atoms with Crippen LogP contribution in [0.5, 0.6) is 0 Å². The molecule has 0 saturated carbocycles. The summed E-state index contributed by atoms with van der Waals surface area (Å²) in [6, 6.07) is 2.83. The highest BCUT2D eigenvalue weighted by Gasteiger charge is 2.44. The minimum absolute atomic E-state index is 0.0990. The quantitative estimate of drug-likeness (QED) is 0.165. The first-order valence-corrected chi connectivity index (χ1v) is 20.5. The molecule has 2 heterocycles. The number of aromatic nitrogens is 2. The van der Waals surface area contributed by atoms with Gasteiger partial charge in [-0.15, -0.1) is 0 Å². The molecular formula is C50H60Cl2N4O2+2. The molecule has 4 rings (SSSR count). The minimum atomic E-state index is -0.318. The van der Waals surface area contributed by atoms with Gasteiger partial charge in [0, 0.05) is 36.1 Å². The van der Waals surface area contributed by atoms with Crippen molar-refractivity contribution >= 4 is 46.1 Å². The molecule has 304 valence electrons. The summed E-state index contributed by atoms with van der Waals surface area (Å²) in [5, 5.41) is 0.966. The summed E-state index contributed by atoms with van der Waals surface area (Å²) in [5.41, 5.74) is 20.7. The molecule has 0 fully saturated rings. The summed E-state index contributed by atoms with van der Waals surface area (Å²) in [5.74, 6) is 0.198. The molecule has 2 aliphatic rings. The zero-order valence-corrected chi connectivity index (χ0v) is 37.2. The summed E-state index contributed by atoms with van der Waals surface area (Å²) in [6.45, 7) is 20.8. The van der Waals surface area contributed by atoms with Crippen molar-refractivity contribution in [2.75, 3.05) is 11.5 Å². The average molecular weight is 820 g/mol. The molecular weight excluding hydrogens is 759 g/mol. The third-order valence-electron chi connectivity index (χ3n) is 10.9. The highest BCUT2D eigenvalue weighted by Crippen LogP contribution is 2.44. The standard InChI is InChI=1S/C50H60Cl2N4O2/c1-33(17-13-19-35(3)21-23-39-37(5)47(57)45(29-49(39,7)8)55-27-25-41(51)43(53)31-55)15-11-12-16-34(2)18-14-20-36(4)22-24-40-38(6)48(58)46(30-50(40,9)10)56-28-26-42(52)44(54)32-56/h11-28,31-32,45-46H,29-30,53-54H2,1-10H3/q+2/b12-11+,17-13+,18-14+,23-21+,24-22+,33-15+,34-16+,35-19+,36-20+. The molecule has 0 spiro atoms. The second kappa shape index (κ2) is 19.6. The summed E-state index contributed by atoms with van der Waals surface area (Å²) in [4.78, 5) is 26.9. The van der Waals surface area contributed by atoms with E-state index in [0.29, 0.717) is 34.3 Å². The Kier molecular flexibility index (Phi) is 15.4. The van der Waals surface area contributed by atoms with Crippen LogP contribution in [-0.4, -0.2) is 11.6 Å². The molecule has 2 aliphatic carbocycles. The molecule has 2 unspecified atom stereocenters. The predicted octanol–water partition coefficient (Wildman–Crippen LogP) is 11.7. The van der Waals surface area contributed by atoms with Crippen LogP contribution in [0.2, 0.25) is 10.0 Å². The average Bonchev–Trinajstić information content (AvgIpc) is 3.15. The van der Waals surface area contributed by atoms with Crippen LogP contribution >= 0.6 is 23.2 Å². The number of allylic oxidation sites excluding steroid dienone is 22. The summed E-state index contributed by atoms with van der Waals surface area (Å²) >= 11 is 12.2. The van der Waals surface area contributed by atoms with E-state index in [-0.39, 0.29) is 34.5 Å². The molecule has 0 radical (unpaired) electrons. The Morgan fingerprint density at radius 3 is 1.28 bits per heavy atom. The predicted molar refractivity (Wildman–Crippen MR) is 243 cm³/mol. The zero-order chi connectivity index (χ0) is 42.9. The maximum atomic E-state index is 13.4. The molecule has 58 heavy (non-hydrogen) atoms. The van der Waals surface area contributed by atoms with E-state index in [9.17, 15) is 9.59 Å². The van der Waals surface area contributed by atoms with Crippen molar-refractivity contribution in [3.63, 3.8) is 0 Å². The molecule has 0 aliphatic heterocycles. The molecule has 0 saturated heterocycles. The van der Waals surface area contributed by atoms with Gasteiger partial charge in [-0.1, -0.05) is 158 Å². The summed E-state index contributed by atoms with van der Waals surface area (Å²) in [7, 11) is 0. The van der Waals surface area contributed by atoms with Gasteiger partial charge in [0.1, 0.15) is 11.4 Å². The summed E-state index contributed by atoms with van der Waals surface area (Å²) < 4.78 is 3.76. The van der Waals surface area contributed by atoms with Gasteiger partial charge in [0.05, 0.1) is 10.0 Å². The Bertz CT molecular complexity index is 2130. The maximum Gasteiger partial charge on any atom is 0.226 e. The van der Waals surface area contributed by atoms with E-state index >= 15 is 0 Å². The molecule has 4 N–H and O–H groups in total. The number of ketones is 2. The molecule has 0 aromatic carbocycles. The number of carbonyl (C=O) groups is 2. The second-order valence-corrected chi connectivity index (χ2v) is 17.6. The fourth-order valence-electron chi connectivity index (χ4n) is 7.52. The van der Waals surface area contributed by atoms with E-state index < -0.39 is 0 Å². The first-order valence-electron chi connectivity index (χ1n) is 19.7. The molecule has 0 bridgehead atoms. The number of carbonyl (C=O) groups excluding carboxylic acids is 2. The molecule has 8 heteroatoms. The van der Waals surface area contributed by atoms with Crippen LogP contribution in [0.25, 0.3) is 0 Å². The van der Waals surface area contributed by atoms with E-state index in [1.807, 2.05) is 59.7 Å². The van der Waals surface area contributed by atoms with E-state index in [4.69, 9.17) is 34.7 Å². The van der Waals surface area contributed by atoms with Crippen molar-refractivity contribution in [3.05, 3.63) is 177 Å². The van der Waals surface area contributed by atoms with Gasteiger partial charge in [0.15, 0.2) is 24.8 Å². The van der Waals surface area contributed by atoms with Crippen molar-refractivity contribution < 1.29 is 18.7 Å². The fourth-order valence-corrected chi connectivity index (χ4v) is 7.73. The Hall–Kier alpha value is -5.04. The first kappa shape index (κ1) is 45.7. The Labute approximate surface area is 356 Å². The van der Waals surface area contributed by atoms with Crippen molar-refractivity contribution in [2.45, 2.75) is 94.2 Å². The number of hydrogen-bond donors (Lipinski definition) is 2. The van der Waals surface area contributed by atoms with Crippen LogP contribution in [0.15, 0.2) is 167 Å². The number of anilines is 2. The number of halogens is 2. The lowest BCUT2D eigenvalue weighted by Crippen LogP contribution is -2.48. The lowest BCUT2D eigenvalue weighted by Gasteiger charge is -2.34. The third-order valence-corrected chi connectivity index (χ3v) is 11.6. The maximum absolute atomic E-state index is 13.4. The largest absolute Gasteiger partial charge is 0.393 e. The van der Waals surface area contributed by atoms with Crippen molar-refractivity contribution in [2.24, 2.45) is 10.8 Å². The molecule has 0 amide bonds. The number of nitrogens with two attached hydrogens (primary N) is 2. The number of nitrogens with zero attached hydrogens (tertiary/aromatic N) is 2. The highest BCUT2D eigenvalue weighted by molar-refractivity contribution is 6.33. The Morgan fingerprint density at radius 1 is 0.603 bits per heavy atom. The molecule has 2 aromatic rings. The normalized spacial score (nSPS) is 21.4.